The van der Waals surface area contributed by atoms with Crippen LogP contribution in [0.5, 0.6) is 5.75 Å². The molecule has 0 N–H and O–H groups in total. The second-order valence-electron chi connectivity index (χ2n) is 12.3. The highest BCUT2D eigenvalue weighted by Crippen LogP contribution is 2.49. The predicted molar refractivity (Wildman–Crippen MR) is 215 cm³/mol. The van der Waals surface area contributed by atoms with Gasteiger partial charge in [-0.2, -0.15) is 21.6 Å². The van der Waals surface area contributed by atoms with Crippen molar-refractivity contribution >= 4 is 55.0 Å². The fraction of sp³-hybridized carbons (Fsp3) is 0.111. The van der Waals surface area contributed by atoms with E-state index in [9.17, 15) is 21.6 Å². The van der Waals surface area contributed by atoms with E-state index >= 15 is 0 Å². The monoisotopic (exact) mass is 744 g/mol. The van der Waals surface area contributed by atoms with Gasteiger partial charge in [-0.25, -0.2) is 0 Å². The summed E-state index contributed by atoms with van der Waals surface area (Å²) in [6, 6.07) is 51.1. The molecule has 7 aromatic rings. The van der Waals surface area contributed by atoms with Gasteiger partial charge in [-0.3, -0.25) is 0 Å². The largest absolute Gasteiger partial charge is 0.534 e. The van der Waals surface area contributed by atoms with Gasteiger partial charge in [0.05, 0.1) is 17.1 Å². The maximum absolute atomic E-state index is 13.7. The van der Waals surface area contributed by atoms with Crippen LogP contribution in [0, 0.1) is 13.8 Å². The smallest absolute Gasteiger partial charge is 0.376 e. The van der Waals surface area contributed by atoms with E-state index < -0.39 is 21.4 Å². The van der Waals surface area contributed by atoms with E-state index in [4.69, 9.17) is 4.18 Å². The molecule has 0 aliphatic carbocycles. The van der Waals surface area contributed by atoms with Crippen LogP contribution in [0.15, 0.2) is 164 Å². The number of para-hydroxylation sites is 2. The lowest BCUT2D eigenvalue weighted by molar-refractivity contribution is -0.0500. The van der Waals surface area contributed by atoms with E-state index in [1.54, 1.807) is 6.07 Å². The van der Waals surface area contributed by atoms with Gasteiger partial charge in [-0.05, 0) is 96.1 Å². The normalized spacial score (nSPS) is 11.4. The van der Waals surface area contributed by atoms with E-state index in [1.807, 2.05) is 164 Å². The van der Waals surface area contributed by atoms with Crippen molar-refractivity contribution in [2.75, 3.05) is 9.80 Å². The number of hydrogen-bond acceptors (Lipinski definition) is 5. The van der Waals surface area contributed by atoms with Crippen molar-refractivity contribution in [2.45, 2.75) is 33.2 Å². The number of benzene rings is 7. The minimum Gasteiger partial charge on any atom is -0.376 e. The van der Waals surface area contributed by atoms with Crippen LogP contribution in [0.4, 0.5) is 47.3 Å². The van der Waals surface area contributed by atoms with Crippen LogP contribution < -0.4 is 14.0 Å². The average Bonchev–Trinajstić information content (AvgIpc) is 3.17. The van der Waals surface area contributed by atoms with E-state index in [2.05, 4.69) is 19.1 Å². The lowest BCUT2D eigenvalue weighted by Crippen LogP contribution is -2.28. The molecule has 274 valence electrons. The third-order valence-corrected chi connectivity index (χ3v) is 9.84. The quantitative estimate of drug-likeness (QED) is 0.109. The van der Waals surface area contributed by atoms with Crippen LogP contribution in [-0.2, 0) is 10.1 Å². The van der Waals surface area contributed by atoms with Gasteiger partial charge in [0.1, 0.15) is 5.75 Å². The highest BCUT2D eigenvalue weighted by Gasteiger charge is 2.48. The Hall–Kier alpha value is -6.06. The molecule has 0 amide bonds. The molecular formula is C45H39F3N2O3S. The zero-order chi connectivity index (χ0) is 38.5. The Kier molecular flexibility index (Phi) is 11.1. The molecule has 0 unspecified atom stereocenters. The van der Waals surface area contributed by atoms with Crippen LogP contribution in [-0.4, -0.2) is 13.9 Å². The highest BCUT2D eigenvalue weighted by atomic mass is 32.2. The molecule has 0 heterocycles. The predicted octanol–water partition coefficient (Wildman–Crippen LogP) is 13.3. The van der Waals surface area contributed by atoms with Crippen molar-refractivity contribution in [3.8, 4) is 16.9 Å². The van der Waals surface area contributed by atoms with Gasteiger partial charge >= 0.3 is 15.6 Å². The summed E-state index contributed by atoms with van der Waals surface area (Å²) >= 11 is 0. The summed E-state index contributed by atoms with van der Waals surface area (Å²) < 4.78 is 70.4. The topological polar surface area (TPSA) is 49.9 Å². The SMILES string of the molecule is CC.Cc1ccccc1-c1ccc(N(c2cc(OS(=O)(=O)C(F)(F)F)ccc2N(c2ccccc2)c2ccccc2)c2cccc3ccccc23)cc1C. The molecule has 0 saturated heterocycles. The summed E-state index contributed by atoms with van der Waals surface area (Å²) in [6.45, 7) is 8.07. The second-order valence-corrected chi connectivity index (χ2v) is 13.8. The number of halogens is 3. The number of rotatable bonds is 9. The van der Waals surface area contributed by atoms with Crippen LogP contribution in [0.1, 0.15) is 25.0 Å². The molecule has 54 heavy (non-hydrogen) atoms. The first-order valence-electron chi connectivity index (χ1n) is 17.5. The Labute approximate surface area is 314 Å². The molecule has 0 bridgehead atoms. The average molecular weight is 745 g/mol. The van der Waals surface area contributed by atoms with Gasteiger partial charge < -0.3 is 14.0 Å². The van der Waals surface area contributed by atoms with Crippen molar-refractivity contribution in [2.24, 2.45) is 0 Å². The molecule has 0 fully saturated rings. The van der Waals surface area contributed by atoms with Gasteiger partial charge in [-0.15, -0.1) is 0 Å². The van der Waals surface area contributed by atoms with Gasteiger partial charge in [0.2, 0.25) is 0 Å². The first-order valence-corrected chi connectivity index (χ1v) is 18.9. The summed E-state index contributed by atoms with van der Waals surface area (Å²) in [6.07, 6.45) is 0. The molecule has 5 nitrogen and oxygen atoms in total. The number of hydrogen-bond donors (Lipinski definition) is 0. The first-order chi connectivity index (χ1) is 26.0. The molecule has 0 saturated carbocycles. The summed E-state index contributed by atoms with van der Waals surface area (Å²) in [5.41, 5.74) is 2.47. The Bertz CT molecular complexity index is 2440. The van der Waals surface area contributed by atoms with E-state index in [0.717, 1.165) is 50.1 Å². The van der Waals surface area contributed by atoms with Crippen LogP contribution in [0.25, 0.3) is 21.9 Å². The molecule has 7 aromatic carbocycles. The fourth-order valence-corrected chi connectivity index (χ4v) is 6.91. The van der Waals surface area contributed by atoms with Crippen molar-refractivity contribution in [1.82, 2.24) is 0 Å². The Morgan fingerprint density at radius 1 is 0.500 bits per heavy atom. The number of aryl methyl sites for hydroxylation is 2. The minimum absolute atomic E-state index is 0.377. The molecule has 0 aromatic heterocycles. The molecular weight excluding hydrogens is 706 g/mol. The van der Waals surface area contributed by atoms with Crippen LogP contribution in [0.2, 0.25) is 0 Å². The molecule has 0 spiro atoms. The van der Waals surface area contributed by atoms with Gasteiger partial charge in [0, 0.05) is 28.5 Å². The fourth-order valence-electron chi connectivity index (χ4n) is 6.45. The molecule has 0 atom stereocenters. The maximum atomic E-state index is 13.7. The Balaban J connectivity index is 0.00000245. The van der Waals surface area contributed by atoms with Crippen LogP contribution in [0.3, 0.4) is 0 Å². The summed E-state index contributed by atoms with van der Waals surface area (Å²) in [7, 11) is -5.97. The molecule has 0 aliphatic rings. The maximum Gasteiger partial charge on any atom is 0.534 e. The molecule has 0 radical (unpaired) electrons. The van der Waals surface area contributed by atoms with Crippen molar-refractivity contribution in [1.29, 1.82) is 0 Å². The number of nitrogens with zero attached hydrogens (tertiary/aromatic N) is 2. The van der Waals surface area contributed by atoms with E-state index in [-0.39, 0.29) is 0 Å². The number of anilines is 6. The third kappa shape index (κ3) is 7.68. The van der Waals surface area contributed by atoms with Gasteiger partial charge in [0.15, 0.2) is 0 Å². The van der Waals surface area contributed by atoms with E-state index in [1.165, 1.54) is 12.1 Å². The Morgan fingerprint density at radius 2 is 1.07 bits per heavy atom. The first kappa shape index (κ1) is 37.7. The lowest BCUT2D eigenvalue weighted by Gasteiger charge is -2.34. The highest BCUT2D eigenvalue weighted by molar-refractivity contribution is 7.88. The number of alkyl halides is 3. The van der Waals surface area contributed by atoms with Crippen molar-refractivity contribution in [3.63, 3.8) is 0 Å². The standard InChI is InChI=1S/C43H33F3N2O3S.C2H6/c1-30-14-9-11-21-37(30)38-26-24-35(28-31(38)2)48(40-23-13-16-32-15-10-12-22-39(32)40)42-29-36(51-52(49,50)43(44,45)46)25-27-41(42)47(33-17-5-3-6-18-33)34-19-7-4-8-20-34;1-2/h3-29H,1-2H3;1-2H3. The second kappa shape index (κ2) is 15.9. The summed E-state index contributed by atoms with van der Waals surface area (Å²) in [5.74, 6) is -0.490. The Morgan fingerprint density at radius 3 is 1.70 bits per heavy atom. The van der Waals surface area contributed by atoms with Crippen LogP contribution >= 0.6 is 0 Å². The summed E-state index contributed by atoms with van der Waals surface area (Å²) in [5, 5.41) is 1.81. The number of fused-ring (bicyclic) bond motifs is 1. The lowest BCUT2D eigenvalue weighted by atomic mass is 9.95. The molecule has 9 heteroatoms. The zero-order valence-corrected chi connectivity index (χ0v) is 31.1. The molecule has 7 rings (SSSR count). The minimum atomic E-state index is -5.97. The van der Waals surface area contributed by atoms with Gasteiger partial charge in [0.25, 0.3) is 0 Å². The third-order valence-electron chi connectivity index (χ3n) is 8.86. The van der Waals surface area contributed by atoms with Crippen molar-refractivity contribution in [3.05, 3.63) is 175 Å². The molecule has 0 aliphatic heterocycles. The van der Waals surface area contributed by atoms with Gasteiger partial charge in [-0.1, -0.05) is 117 Å². The van der Waals surface area contributed by atoms with Crippen molar-refractivity contribution < 1.29 is 25.8 Å². The summed E-state index contributed by atoms with van der Waals surface area (Å²) in [4.78, 5) is 3.92. The van der Waals surface area contributed by atoms with E-state index in [0.29, 0.717) is 17.1 Å². The zero-order valence-electron chi connectivity index (χ0n) is 30.2.